The van der Waals surface area contributed by atoms with Crippen LogP contribution in [0.25, 0.3) is 11.3 Å². The number of para-hydroxylation sites is 1. The second kappa shape index (κ2) is 9.34. The summed E-state index contributed by atoms with van der Waals surface area (Å²) in [6.07, 6.45) is 0.349. The molecule has 31 heavy (non-hydrogen) atoms. The van der Waals surface area contributed by atoms with Gasteiger partial charge in [-0.2, -0.15) is 5.10 Å². The molecule has 2 amide bonds. The summed E-state index contributed by atoms with van der Waals surface area (Å²) < 4.78 is 14.9. The number of aromatic nitrogens is 2. The Labute approximate surface area is 178 Å². The molecule has 7 nitrogen and oxygen atoms in total. The molecule has 160 valence electrons. The van der Waals surface area contributed by atoms with Gasteiger partial charge >= 0.3 is 0 Å². The van der Waals surface area contributed by atoms with Crippen LogP contribution in [-0.4, -0.2) is 21.6 Å². The summed E-state index contributed by atoms with van der Waals surface area (Å²) in [5.41, 5.74) is 2.22. The van der Waals surface area contributed by atoms with Crippen LogP contribution in [0.15, 0.2) is 59.4 Å². The van der Waals surface area contributed by atoms with E-state index >= 15 is 0 Å². The number of hydrogen-bond acceptors (Lipinski definition) is 4. The van der Waals surface area contributed by atoms with Crippen molar-refractivity contribution in [1.29, 1.82) is 0 Å². The van der Waals surface area contributed by atoms with Crippen LogP contribution < -0.4 is 16.2 Å². The van der Waals surface area contributed by atoms with E-state index in [1.807, 2.05) is 19.1 Å². The van der Waals surface area contributed by atoms with Crippen LogP contribution in [0.1, 0.15) is 31.9 Å². The summed E-state index contributed by atoms with van der Waals surface area (Å²) in [4.78, 5) is 36.7. The summed E-state index contributed by atoms with van der Waals surface area (Å²) in [5.74, 6) is -1.26. The minimum atomic E-state index is -0.975. The average Bonchev–Trinajstić information content (AvgIpc) is 2.76. The molecule has 2 aromatic carbocycles. The highest BCUT2D eigenvalue weighted by Gasteiger charge is 2.19. The molecule has 0 saturated heterocycles. The molecular weight excluding hydrogens is 399 g/mol. The number of rotatable bonds is 6. The Morgan fingerprint density at radius 2 is 1.81 bits per heavy atom. The Hall–Kier alpha value is -3.81. The lowest BCUT2D eigenvalue weighted by Crippen LogP contribution is -2.33. The lowest BCUT2D eigenvalue weighted by Gasteiger charge is -2.16. The average molecular weight is 422 g/mol. The minimum absolute atomic E-state index is 0.0263. The zero-order valence-electron chi connectivity index (χ0n) is 17.5. The number of nitrogens with one attached hydrogen (secondary N) is 2. The third-order valence-corrected chi connectivity index (χ3v) is 4.83. The number of hydrogen-bond donors (Lipinski definition) is 2. The molecule has 0 spiro atoms. The minimum Gasteiger partial charge on any atom is -0.326 e. The van der Waals surface area contributed by atoms with Crippen molar-refractivity contribution < 1.29 is 14.0 Å². The first-order valence-electron chi connectivity index (χ1n) is 9.86. The normalized spacial score (nSPS) is 11.6. The molecule has 0 unspecified atom stereocenters. The van der Waals surface area contributed by atoms with Crippen molar-refractivity contribution in [3.8, 4) is 11.3 Å². The number of halogens is 1. The second-order valence-electron chi connectivity index (χ2n) is 7.08. The van der Waals surface area contributed by atoms with Gasteiger partial charge in [0, 0.05) is 23.7 Å². The van der Waals surface area contributed by atoms with E-state index in [0.29, 0.717) is 23.4 Å². The molecule has 1 heterocycles. The number of nitrogens with zero attached hydrogens (tertiary/aromatic N) is 2. The van der Waals surface area contributed by atoms with E-state index in [2.05, 4.69) is 15.7 Å². The predicted molar refractivity (Wildman–Crippen MR) is 117 cm³/mol. The van der Waals surface area contributed by atoms with E-state index in [-0.39, 0.29) is 11.6 Å². The SMILES string of the molecule is CCC(=O)Nc1cc(-c2ccc(=O)n([C@@H](C)C(=O)Nc3ccccc3F)n2)ccc1C. The van der Waals surface area contributed by atoms with Gasteiger partial charge in [-0.15, -0.1) is 0 Å². The fraction of sp³-hybridized carbons (Fsp3) is 0.217. The third kappa shape index (κ3) is 5.03. The van der Waals surface area contributed by atoms with E-state index < -0.39 is 23.3 Å². The standard InChI is InChI=1S/C23H23FN4O3/c1-4-21(29)25-20-13-16(10-9-14(20)2)18-11-12-22(30)28(27-18)15(3)23(31)26-19-8-6-5-7-17(19)24/h5-13,15H,4H2,1-3H3,(H,25,29)(H,26,31)/t15-/m0/s1. The smallest absolute Gasteiger partial charge is 0.267 e. The maximum absolute atomic E-state index is 13.8. The highest BCUT2D eigenvalue weighted by atomic mass is 19.1. The Kier molecular flexibility index (Phi) is 6.59. The predicted octanol–water partition coefficient (Wildman–Crippen LogP) is 3.91. The quantitative estimate of drug-likeness (QED) is 0.630. The van der Waals surface area contributed by atoms with Crippen LogP contribution in [0, 0.1) is 12.7 Å². The number of carbonyl (C=O) groups excluding carboxylic acids is 2. The highest BCUT2D eigenvalue weighted by molar-refractivity contribution is 5.93. The van der Waals surface area contributed by atoms with Crippen molar-refractivity contribution in [3.05, 3.63) is 76.3 Å². The molecule has 3 rings (SSSR count). The van der Waals surface area contributed by atoms with Gasteiger partial charge < -0.3 is 10.6 Å². The molecule has 8 heteroatoms. The van der Waals surface area contributed by atoms with Gasteiger partial charge in [0.2, 0.25) is 11.8 Å². The molecule has 1 atom stereocenters. The lowest BCUT2D eigenvalue weighted by atomic mass is 10.1. The van der Waals surface area contributed by atoms with Crippen LogP contribution in [0.4, 0.5) is 15.8 Å². The molecule has 0 aliphatic carbocycles. The van der Waals surface area contributed by atoms with Crippen molar-refractivity contribution >= 4 is 23.2 Å². The zero-order chi connectivity index (χ0) is 22.5. The molecule has 2 N–H and O–H groups in total. The second-order valence-corrected chi connectivity index (χ2v) is 7.08. The number of aryl methyl sites for hydroxylation is 1. The highest BCUT2D eigenvalue weighted by Crippen LogP contribution is 2.24. The number of amides is 2. The fourth-order valence-corrected chi connectivity index (χ4v) is 2.92. The van der Waals surface area contributed by atoms with Gasteiger partial charge in [0.1, 0.15) is 11.9 Å². The maximum atomic E-state index is 13.8. The molecule has 0 bridgehead atoms. The lowest BCUT2D eigenvalue weighted by molar-refractivity contribution is -0.119. The van der Waals surface area contributed by atoms with Gasteiger partial charge in [0.25, 0.3) is 5.56 Å². The van der Waals surface area contributed by atoms with Gasteiger partial charge in [0.15, 0.2) is 0 Å². The summed E-state index contributed by atoms with van der Waals surface area (Å²) >= 11 is 0. The van der Waals surface area contributed by atoms with Crippen LogP contribution in [0.3, 0.4) is 0 Å². The van der Waals surface area contributed by atoms with Crippen molar-refractivity contribution in [2.75, 3.05) is 10.6 Å². The molecule has 3 aromatic rings. The van der Waals surface area contributed by atoms with Crippen LogP contribution in [-0.2, 0) is 9.59 Å². The first kappa shape index (κ1) is 21.9. The summed E-state index contributed by atoms with van der Waals surface area (Å²) in [7, 11) is 0. The van der Waals surface area contributed by atoms with E-state index in [4.69, 9.17) is 0 Å². The summed E-state index contributed by atoms with van der Waals surface area (Å²) in [6, 6.07) is 13.1. The molecule has 1 aromatic heterocycles. The van der Waals surface area contributed by atoms with Crippen molar-refractivity contribution in [2.24, 2.45) is 0 Å². The number of carbonyl (C=O) groups is 2. The number of benzene rings is 2. The molecule has 0 aliphatic heterocycles. The van der Waals surface area contributed by atoms with Crippen LogP contribution >= 0.6 is 0 Å². The fourth-order valence-electron chi connectivity index (χ4n) is 2.92. The largest absolute Gasteiger partial charge is 0.326 e. The topological polar surface area (TPSA) is 93.1 Å². The third-order valence-electron chi connectivity index (χ3n) is 4.83. The Bertz CT molecular complexity index is 1190. The van der Waals surface area contributed by atoms with Crippen molar-refractivity contribution in [1.82, 2.24) is 9.78 Å². The first-order valence-corrected chi connectivity index (χ1v) is 9.86. The van der Waals surface area contributed by atoms with Crippen molar-refractivity contribution in [2.45, 2.75) is 33.2 Å². The monoisotopic (exact) mass is 422 g/mol. The molecule has 0 fully saturated rings. The van der Waals surface area contributed by atoms with Gasteiger partial charge in [-0.05, 0) is 43.7 Å². The Morgan fingerprint density at radius 1 is 1.06 bits per heavy atom. The summed E-state index contributed by atoms with van der Waals surface area (Å²) in [6.45, 7) is 5.15. The van der Waals surface area contributed by atoms with Gasteiger partial charge in [-0.25, -0.2) is 9.07 Å². The van der Waals surface area contributed by atoms with Gasteiger partial charge in [-0.1, -0.05) is 31.2 Å². The first-order chi connectivity index (χ1) is 14.8. The maximum Gasteiger partial charge on any atom is 0.267 e. The van der Waals surface area contributed by atoms with Crippen molar-refractivity contribution in [3.63, 3.8) is 0 Å². The number of anilines is 2. The van der Waals surface area contributed by atoms with Crippen LogP contribution in [0.5, 0.6) is 0 Å². The van der Waals surface area contributed by atoms with E-state index in [1.165, 1.54) is 31.2 Å². The van der Waals surface area contributed by atoms with E-state index in [9.17, 15) is 18.8 Å². The van der Waals surface area contributed by atoms with E-state index in [1.54, 1.807) is 25.1 Å². The summed E-state index contributed by atoms with van der Waals surface area (Å²) in [5, 5.41) is 9.65. The van der Waals surface area contributed by atoms with E-state index in [0.717, 1.165) is 10.2 Å². The molecule has 0 aliphatic rings. The zero-order valence-corrected chi connectivity index (χ0v) is 17.5. The van der Waals surface area contributed by atoms with Gasteiger partial charge in [0.05, 0.1) is 11.4 Å². The molecular formula is C23H23FN4O3. The molecule has 0 saturated carbocycles. The van der Waals surface area contributed by atoms with Gasteiger partial charge in [-0.3, -0.25) is 14.4 Å². The van der Waals surface area contributed by atoms with Crippen LogP contribution in [0.2, 0.25) is 0 Å². The molecule has 0 radical (unpaired) electrons. The Balaban J connectivity index is 1.90. The Morgan fingerprint density at radius 3 is 2.52 bits per heavy atom.